The lowest BCUT2D eigenvalue weighted by atomic mass is 10.0. The molecule has 0 unspecified atom stereocenters. The Morgan fingerprint density at radius 1 is 0.148 bits per heavy atom. The number of nitrogens with zero attached hydrogens (tertiary/aromatic N) is 4. The maximum atomic E-state index is 2.35. The summed E-state index contributed by atoms with van der Waals surface area (Å²) in [4.78, 5) is 9.34. The minimum Gasteiger partial charge on any atom is -0.311 e. The van der Waals surface area contributed by atoms with E-state index in [1.165, 1.54) is 38.9 Å². The first-order valence-corrected chi connectivity index (χ1v) is 27.9. The third-order valence-electron chi connectivity index (χ3n) is 15.1. The zero-order chi connectivity index (χ0) is 55.2. The first kappa shape index (κ1) is 51.6. The molecule has 0 amide bonds. The number of benzene rings is 12. The van der Waals surface area contributed by atoms with Crippen molar-refractivity contribution in [1.82, 2.24) is 0 Å². The Balaban J connectivity index is 0.781. The van der Waals surface area contributed by atoms with Crippen molar-refractivity contribution in [3.05, 3.63) is 325 Å². The summed E-state index contributed by atoms with van der Waals surface area (Å²) in [6.07, 6.45) is 0. The van der Waals surface area contributed by atoms with Crippen molar-refractivity contribution in [2.75, 3.05) is 19.6 Å². The van der Waals surface area contributed by atoms with Gasteiger partial charge in [0.1, 0.15) is 0 Å². The molecule has 0 spiro atoms. The summed E-state index contributed by atoms with van der Waals surface area (Å²) < 4.78 is 0. The van der Waals surface area contributed by atoms with Gasteiger partial charge in [0.25, 0.3) is 0 Å². The highest BCUT2D eigenvalue weighted by Crippen LogP contribution is 2.42. The van der Waals surface area contributed by atoms with Gasteiger partial charge in [0.2, 0.25) is 0 Å². The average Bonchev–Trinajstić information content (AvgIpc) is 3.56. The Labute approximate surface area is 478 Å². The summed E-state index contributed by atoms with van der Waals surface area (Å²) >= 11 is 0. The van der Waals surface area contributed by atoms with Gasteiger partial charge in [-0.2, -0.15) is 0 Å². The van der Waals surface area contributed by atoms with Crippen LogP contribution >= 0.6 is 0 Å². The normalized spacial score (nSPS) is 11.0. The van der Waals surface area contributed by atoms with Gasteiger partial charge in [-0.15, -0.1) is 0 Å². The van der Waals surface area contributed by atoms with Crippen molar-refractivity contribution >= 4 is 68.2 Å². The number of anilines is 12. The van der Waals surface area contributed by atoms with E-state index >= 15 is 0 Å². The van der Waals surface area contributed by atoms with E-state index in [9.17, 15) is 0 Å². The molecular formula is C77H64N4. The minimum absolute atomic E-state index is 1.09. The first-order valence-electron chi connectivity index (χ1n) is 27.9. The van der Waals surface area contributed by atoms with Gasteiger partial charge in [0.15, 0.2) is 0 Å². The third-order valence-corrected chi connectivity index (χ3v) is 15.1. The van der Waals surface area contributed by atoms with Crippen LogP contribution in [0, 0.1) is 34.6 Å². The smallest absolute Gasteiger partial charge is 0.0464 e. The fourth-order valence-corrected chi connectivity index (χ4v) is 11.0. The van der Waals surface area contributed by atoms with Crippen molar-refractivity contribution < 1.29 is 0 Å². The molecular weight excluding hydrogens is 981 g/mol. The lowest BCUT2D eigenvalue weighted by Gasteiger charge is -2.27. The molecule has 4 nitrogen and oxygen atoms in total. The van der Waals surface area contributed by atoms with Gasteiger partial charge < -0.3 is 19.6 Å². The number of aryl methyl sites for hydroxylation is 5. The third kappa shape index (κ3) is 11.4. The van der Waals surface area contributed by atoms with E-state index in [4.69, 9.17) is 0 Å². The second-order valence-electron chi connectivity index (χ2n) is 21.2. The van der Waals surface area contributed by atoms with Crippen LogP contribution < -0.4 is 19.6 Å². The quantitative estimate of drug-likeness (QED) is 0.101. The molecule has 12 aromatic carbocycles. The number of hydrogen-bond donors (Lipinski definition) is 0. The average molecular weight is 1050 g/mol. The van der Waals surface area contributed by atoms with Gasteiger partial charge in [-0.05, 0) is 241 Å². The van der Waals surface area contributed by atoms with E-state index in [-0.39, 0.29) is 0 Å². The monoisotopic (exact) mass is 1040 g/mol. The highest BCUT2D eigenvalue weighted by Gasteiger charge is 2.19. The first-order chi connectivity index (χ1) is 39.7. The molecule has 12 aromatic rings. The molecule has 0 saturated carbocycles. The predicted molar refractivity (Wildman–Crippen MR) is 345 cm³/mol. The molecule has 0 N–H and O–H groups in total. The van der Waals surface area contributed by atoms with Crippen molar-refractivity contribution in [3.63, 3.8) is 0 Å². The molecule has 0 bridgehead atoms. The fraction of sp³-hybridized carbons (Fsp3) is 0.0649. The number of para-hydroxylation sites is 1. The van der Waals surface area contributed by atoms with E-state index in [0.717, 1.165) is 90.5 Å². The molecule has 0 radical (unpaired) electrons. The van der Waals surface area contributed by atoms with Crippen LogP contribution in [0.15, 0.2) is 297 Å². The molecule has 81 heavy (non-hydrogen) atoms. The Kier molecular flexibility index (Phi) is 14.7. The van der Waals surface area contributed by atoms with Crippen LogP contribution in [-0.2, 0) is 0 Å². The predicted octanol–water partition coefficient (Wildman–Crippen LogP) is 22.1. The topological polar surface area (TPSA) is 13.0 Å². The molecule has 0 heterocycles. The summed E-state index contributed by atoms with van der Waals surface area (Å²) in [5.41, 5.74) is 26.5. The zero-order valence-corrected chi connectivity index (χ0v) is 46.6. The highest BCUT2D eigenvalue weighted by atomic mass is 15.2. The Hall–Kier alpha value is -10.2. The standard InChI is InChI=1S/C77H64N4/c1-55-14-9-21-73(50-55)79(70-44-32-63(33-45-70)65-36-48-72(49-37-65)81(76-24-12-17-58(4)53-76)77-25-13-18-59(5)54-77)69-42-30-62(31-43-69)60-26-38-67(39-27-60)78(66-19-7-6-8-20-66)68-40-28-61(29-41-68)64-34-46-71(47-35-64)80(74-22-10-15-56(2)51-74)75-23-11-16-57(3)52-75/h6-54H,1-5H3. The fourth-order valence-electron chi connectivity index (χ4n) is 11.0. The molecule has 0 aliphatic heterocycles. The largest absolute Gasteiger partial charge is 0.311 e. The molecule has 12 rings (SSSR count). The molecule has 0 atom stereocenters. The molecule has 0 aliphatic rings. The van der Waals surface area contributed by atoms with Crippen LogP contribution in [0.2, 0.25) is 0 Å². The zero-order valence-electron chi connectivity index (χ0n) is 46.6. The molecule has 0 fully saturated rings. The Morgan fingerprint density at radius 3 is 0.506 bits per heavy atom. The maximum absolute atomic E-state index is 2.35. The summed E-state index contributed by atoms with van der Waals surface area (Å²) in [7, 11) is 0. The van der Waals surface area contributed by atoms with E-state index in [2.05, 4.69) is 351 Å². The van der Waals surface area contributed by atoms with Crippen molar-refractivity contribution in [2.45, 2.75) is 34.6 Å². The van der Waals surface area contributed by atoms with Crippen LogP contribution in [0.3, 0.4) is 0 Å². The Bertz CT molecular complexity index is 3980. The lowest BCUT2D eigenvalue weighted by Crippen LogP contribution is -2.10. The van der Waals surface area contributed by atoms with E-state index < -0.39 is 0 Å². The van der Waals surface area contributed by atoms with Gasteiger partial charge in [0.05, 0.1) is 0 Å². The number of hydrogen-bond acceptors (Lipinski definition) is 4. The van der Waals surface area contributed by atoms with Crippen molar-refractivity contribution in [2.24, 2.45) is 0 Å². The minimum atomic E-state index is 1.09. The maximum Gasteiger partial charge on any atom is 0.0464 e. The second-order valence-corrected chi connectivity index (χ2v) is 21.2. The van der Waals surface area contributed by atoms with E-state index in [0.29, 0.717) is 0 Å². The Morgan fingerprint density at radius 2 is 0.309 bits per heavy atom. The molecule has 4 heteroatoms. The molecule has 0 aromatic heterocycles. The van der Waals surface area contributed by atoms with Crippen molar-refractivity contribution in [3.8, 4) is 33.4 Å². The van der Waals surface area contributed by atoms with Crippen LogP contribution in [0.4, 0.5) is 68.2 Å². The van der Waals surface area contributed by atoms with E-state index in [1.54, 1.807) is 0 Å². The van der Waals surface area contributed by atoms with E-state index in [1.807, 2.05) is 0 Å². The summed E-state index contributed by atoms with van der Waals surface area (Å²) in [5, 5.41) is 0. The van der Waals surface area contributed by atoms with Gasteiger partial charge >= 0.3 is 0 Å². The molecule has 0 saturated heterocycles. The highest BCUT2D eigenvalue weighted by molar-refractivity contribution is 5.85. The van der Waals surface area contributed by atoms with Crippen molar-refractivity contribution in [1.29, 1.82) is 0 Å². The number of rotatable bonds is 15. The van der Waals surface area contributed by atoms with Gasteiger partial charge in [-0.3, -0.25) is 0 Å². The summed E-state index contributed by atoms with van der Waals surface area (Å²) in [6, 6.07) is 108. The van der Waals surface area contributed by atoms with Gasteiger partial charge in [0, 0.05) is 68.2 Å². The summed E-state index contributed by atoms with van der Waals surface area (Å²) in [6.45, 7) is 10.7. The lowest BCUT2D eigenvalue weighted by molar-refractivity contribution is 1.26. The summed E-state index contributed by atoms with van der Waals surface area (Å²) in [5.74, 6) is 0. The SMILES string of the molecule is Cc1cccc(N(c2ccc(-c3ccc(N(c4ccccc4)c4ccc(-c5ccc(N(c6cccc(C)c6)c6cccc(C)c6)cc5)cc4)cc3)cc2)c2ccc(-c3ccc(N(c4cccc(C)c4)c4cccc(C)c4)cc3)cc2)c1. The molecule has 0 aliphatic carbocycles. The molecule has 392 valence electrons. The van der Waals surface area contributed by atoms with Gasteiger partial charge in [-0.25, -0.2) is 0 Å². The van der Waals surface area contributed by atoms with Crippen LogP contribution in [-0.4, -0.2) is 0 Å². The second kappa shape index (κ2) is 23.0. The van der Waals surface area contributed by atoms with Crippen LogP contribution in [0.1, 0.15) is 27.8 Å². The van der Waals surface area contributed by atoms with Crippen LogP contribution in [0.25, 0.3) is 33.4 Å². The van der Waals surface area contributed by atoms with Crippen LogP contribution in [0.5, 0.6) is 0 Å². The van der Waals surface area contributed by atoms with Gasteiger partial charge in [-0.1, -0.05) is 152 Å².